The molecule has 0 aromatic heterocycles. The van der Waals surface area contributed by atoms with Crippen molar-refractivity contribution < 1.29 is 9.85 Å². The molecule has 0 amide bonds. The molecule has 0 saturated heterocycles. The van der Waals surface area contributed by atoms with Gasteiger partial charge in [0, 0.05) is 29.3 Å². The van der Waals surface area contributed by atoms with E-state index in [9.17, 15) is 20.2 Å². The maximum atomic E-state index is 10.8. The van der Waals surface area contributed by atoms with Crippen LogP contribution < -0.4 is 5.43 Å². The molecule has 0 heterocycles. The molecule has 22 heavy (non-hydrogen) atoms. The number of nitrogens with zero attached hydrogens (tertiary/aromatic N) is 3. The highest BCUT2D eigenvalue weighted by Gasteiger charge is 2.09. The standard InChI is InChI=1S/C14H12N4O4/c1-10-2-3-11(8-14(10)18(21)22)9-15-16-12-4-6-13(7-5-12)17(19)20/h2-9,16H,1H3. The van der Waals surface area contributed by atoms with Gasteiger partial charge in [0.1, 0.15) is 0 Å². The van der Waals surface area contributed by atoms with Gasteiger partial charge in [-0.15, -0.1) is 0 Å². The summed E-state index contributed by atoms with van der Waals surface area (Å²) in [5.74, 6) is 0. The fraction of sp³-hybridized carbons (Fsp3) is 0.0714. The van der Waals surface area contributed by atoms with Crippen LogP contribution in [0.1, 0.15) is 11.1 Å². The lowest BCUT2D eigenvalue weighted by Gasteiger charge is -2.00. The van der Waals surface area contributed by atoms with Crippen LogP contribution in [0, 0.1) is 27.2 Å². The highest BCUT2D eigenvalue weighted by Crippen LogP contribution is 2.18. The number of nitro groups is 2. The first-order valence-electron chi connectivity index (χ1n) is 6.26. The van der Waals surface area contributed by atoms with Gasteiger partial charge in [-0.3, -0.25) is 25.7 Å². The van der Waals surface area contributed by atoms with Crippen LogP contribution in [-0.2, 0) is 0 Å². The van der Waals surface area contributed by atoms with Crippen LogP contribution in [0.15, 0.2) is 47.6 Å². The third-order valence-electron chi connectivity index (χ3n) is 2.92. The molecule has 0 bridgehead atoms. The minimum Gasteiger partial charge on any atom is -0.278 e. The summed E-state index contributed by atoms with van der Waals surface area (Å²) in [7, 11) is 0. The number of aryl methyl sites for hydroxylation is 1. The summed E-state index contributed by atoms with van der Waals surface area (Å²) in [6.45, 7) is 1.66. The monoisotopic (exact) mass is 300 g/mol. The van der Waals surface area contributed by atoms with Crippen molar-refractivity contribution in [1.82, 2.24) is 0 Å². The Bertz CT molecular complexity index is 741. The van der Waals surface area contributed by atoms with Crippen molar-refractivity contribution in [2.75, 3.05) is 5.43 Å². The lowest BCUT2D eigenvalue weighted by atomic mass is 10.1. The topological polar surface area (TPSA) is 111 Å². The average molecular weight is 300 g/mol. The first-order chi connectivity index (χ1) is 10.5. The molecular weight excluding hydrogens is 288 g/mol. The van der Waals surface area contributed by atoms with Crippen molar-refractivity contribution in [3.8, 4) is 0 Å². The highest BCUT2D eigenvalue weighted by atomic mass is 16.6. The zero-order valence-corrected chi connectivity index (χ0v) is 11.6. The Morgan fingerprint density at radius 1 is 1.05 bits per heavy atom. The fourth-order valence-electron chi connectivity index (χ4n) is 1.74. The van der Waals surface area contributed by atoms with Gasteiger partial charge >= 0.3 is 0 Å². The zero-order valence-electron chi connectivity index (χ0n) is 11.6. The number of hydrogen-bond donors (Lipinski definition) is 1. The van der Waals surface area contributed by atoms with E-state index < -0.39 is 9.85 Å². The summed E-state index contributed by atoms with van der Waals surface area (Å²) >= 11 is 0. The maximum Gasteiger partial charge on any atom is 0.272 e. The van der Waals surface area contributed by atoms with Crippen LogP contribution >= 0.6 is 0 Å². The Labute approximate surface area is 125 Å². The van der Waals surface area contributed by atoms with Gasteiger partial charge in [0.2, 0.25) is 0 Å². The first kappa shape index (κ1) is 15.1. The van der Waals surface area contributed by atoms with Crippen molar-refractivity contribution in [1.29, 1.82) is 0 Å². The van der Waals surface area contributed by atoms with Gasteiger partial charge < -0.3 is 0 Å². The number of non-ortho nitro benzene ring substituents is 1. The molecule has 2 aromatic carbocycles. The summed E-state index contributed by atoms with van der Waals surface area (Å²) in [6.07, 6.45) is 1.44. The second-order valence-electron chi connectivity index (χ2n) is 4.48. The predicted octanol–water partition coefficient (Wildman–Crippen LogP) is 3.26. The number of rotatable bonds is 5. The Hall–Kier alpha value is -3.29. The smallest absolute Gasteiger partial charge is 0.272 e. The van der Waals surface area contributed by atoms with Gasteiger partial charge in [-0.05, 0) is 19.1 Å². The van der Waals surface area contributed by atoms with Crippen LogP contribution in [0.3, 0.4) is 0 Å². The van der Waals surface area contributed by atoms with Gasteiger partial charge in [-0.25, -0.2) is 0 Å². The lowest BCUT2D eigenvalue weighted by molar-refractivity contribution is -0.385. The van der Waals surface area contributed by atoms with Crippen molar-refractivity contribution in [3.05, 3.63) is 73.8 Å². The largest absolute Gasteiger partial charge is 0.278 e. The van der Waals surface area contributed by atoms with E-state index in [0.717, 1.165) is 0 Å². The van der Waals surface area contributed by atoms with Gasteiger partial charge in [-0.1, -0.05) is 12.1 Å². The quantitative estimate of drug-likeness (QED) is 0.517. The van der Waals surface area contributed by atoms with Crippen LogP contribution in [0.4, 0.5) is 17.1 Å². The molecule has 0 unspecified atom stereocenters. The molecule has 8 heteroatoms. The van der Waals surface area contributed by atoms with Crippen molar-refractivity contribution in [2.45, 2.75) is 6.92 Å². The second-order valence-corrected chi connectivity index (χ2v) is 4.48. The van der Waals surface area contributed by atoms with Gasteiger partial charge in [0.15, 0.2) is 0 Å². The Morgan fingerprint density at radius 3 is 2.32 bits per heavy atom. The van der Waals surface area contributed by atoms with Crippen LogP contribution in [0.5, 0.6) is 0 Å². The second kappa shape index (κ2) is 6.44. The molecular formula is C14H12N4O4. The fourth-order valence-corrected chi connectivity index (χ4v) is 1.74. The molecule has 1 N–H and O–H groups in total. The normalized spacial score (nSPS) is 10.6. The number of benzene rings is 2. The minimum absolute atomic E-state index is 0.0105. The third-order valence-corrected chi connectivity index (χ3v) is 2.92. The van der Waals surface area contributed by atoms with E-state index in [1.54, 1.807) is 19.1 Å². The lowest BCUT2D eigenvalue weighted by Crippen LogP contribution is -1.95. The number of nitro benzene ring substituents is 2. The van der Waals surface area contributed by atoms with Gasteiger partial charge in [0.25, 0.3) is 11.4 Å². The van der Waals surface area contributed by atoms with Gasteiger partial charge in [0.05, 0.1) is 21.7 Å². The van der Waals surface area contributed by atoms with E-state index in [0.29, 0.717) is 16.8 Å². The summed E-state index contributed by atoms with van der Waals surface area (Å²) in [4.78, 5) is 20.4. The third kappa shape index (κ3) is 3.63. The number of hydrogen-bond acceptors (Lipinski definition) is 6. The molecule has 8 nitrogen and oxygen atoms in total. The molecule has 0 aliphatic heterocycles. The number of nitrogens with one attached hydrogen (secondary N) is 1. The molecule has 0 aliphatic carbocycles. The molecule has 2 aromatic rings. The van der Waals surface area contributed by atoms with Crippen LogP contribution in [0.2, 0.25) is 0 Å². The van der Waals surface area contributed by atoms with Crippen molar-refractivity contribution >= 4 is 23.3 Å². The average Bonchev–Trinajstić information content (AvgIpc) is 2.49. The van der Waals surface area contributed by atoms with E-state index >= 15 is 0 Å². The Kier molecular flexibility index (Phi) is 4.42. The number of anilines is 1. The van der Waals surface area contributed by atoms with E-state index in [1.807, 2.05) is 0 Å². The van der Waals surface area contributed by atoms with Crippen LogP contribution in [-0.4, -0.2) is 16.1 Å². The first-order valence-corrected chi connectivity index (χ1v) is 6.26. The summed E-state index contributed by atoms with van der Waals surface area (Å²) in [5.41, 5.74) is 4.44. The van der Waals surface area contributed by atoms with Gasteiger partial charge in [-0.2, -0.15) is 5.10 Å². The van der Waals surface area contributed by atoms with E-state index in [-0.39, 0.29) is 11.4 Å². The van der Waals surface area contributed by atoms with E-state index in [2.05, 4.69) is 10.5 Å². The van der Waals surface area contributed by atoms with Crippen molar-refractivity contribution in [2.24, 2.45) is 5.10 Å². The molecule has 0 aliphatic rings. The molecule has 0 atom stereocenters. The molecule has 112 valence electrons. The minimum atomic E-state index is -0.488. The molecule has 0 saturated carbocycles. The zero-order chi connectivity index (χ0) is 16.1. The predicted molar refractivity (Wildman–Crippen MR) is 82.1 cm³/mol. The SMILES string of the molecule is Cc1ccc(C=NNc2ccc([N+](=O)[O-])cc2)cc1[N+](=O)[O-]. The molecule has 0 fully saturated rings. The maximum absolute atomic E-state index is 10.8. The summed E-state index contributed by atoms with van der Waals surface area (Å²) in [5, 5.41) is 25.3. The van der Waals surface area contributed by atoms with E-state index in [1.165, 1.54) is 36.5 Å². The Morgan fingerprint density at radius 2 is 1.73 bits per heavy atom. The summed E-state index contributed by atoms with van der Waals surface area (Å²) < 4.78 is 0. The van der Waals surface area contributed by atoms with Crippen LogP contribution in [0.25, 0.3) is 0 Å². The Balaban J connectivity index is 2.08. The van der Waals surface area contributed by atoms with E-state index in [4.69, 9.17) is 0 Å². The van der Waals surface area contributed by atoms with Crippen molar-refractivity contribution in [3.63, 3.8) is 0 Å². The highest BCUT2D eigenvalue weighted by molar-refractivity contribution is 5.81. The molecule has 2 rings (SSSR count). The number of hydrazone groups is 1. The summed E-state index contributed by atoms with van der Waals surface area (Å²) in [6, 6.07) is 10.5. The molecule has 0 spiro atoms. The molecule has 0 radical (unpaired) electrons.